The quantitative estimate of drug-likeness (QED) is 0.876. The summed E-state index contributed by atoms with van der Waals surface area (Å²) in [7, 11) is 0. The summed E-state index contributed by atoms with van der Waals surface area (Å²) < 4.78 is 6.01. The normalized spacial score (nSPS) is 30.6. The number of pyridine rings is 1. The Kier molecular flexibility index (Phi) is 4.43. The van der Waals surface area contributed by atoms with E-state index in [-0.39, 0.29) is 23.3 Å². The average Bonchev–Trinajstić information content (AvgIpc) is 2.53. The molecule has 142 valence electrons. The van der Waals surface area contributed by atoms with Gasteiger partial charge in [-0.3, -0.25) is 4.79 Å². The Labute approximate surface area is 159 Å². The van der Waals surface area contributed by atoms with Gasteiger partial charge in [0.05, 0.1) is 5.60 Å². The number of ether oxygens (including phenoxy) is 1. The highest BCUT2D eigenvalue weighted by molar-refractivity contribution is 6.31. The van der Waals surface area contributed by atoms with Crippen molar-refractivity contribution in [3.63, 3.8) is 0 Å². The van der Waals surface area contributed by atoms with Crippen LogP contribution in [-0.4, -0.2) is 45.7 Å². The molecule has 5 nitrogen and oxygen atoms in total. The van der Waals surface area contributed by atoms with Crippen LogP contribution >= 0.6 is 11.6 Å². The van der Waals surface area contributed by atoms with Gasteiger partial charge in [0.25, 0.3) is 0 Å². The van der Waals surface area contributed by atoms with Gasteiger partial charge in [0.1, 0.15) is 11.1 Å². The van der Waals surface area contributed by atoms with Crippen LogP contribution in [0.15, 0.2) is 12.3 Å². The molecular formula is C20H27ClN2O3. The van der Waals surface area contributed by atoms with Crippen molar-refractivity contribution in [2.75, 3.05) is 13.1 Å². The number of rotatable bonds is 3. The number of aryl methyl sites for hydroxylation is 1. The molecule has 1 aromatic heterocycles. The van der Waals surface area contributed by atoms with Crippen molar-refractivity contribution in [1.82, 2.24) is 9.88 Å². The lowest BCUT2D eigenvalue weighted by atomic mass is 9.66. The van der Waals surface area contributed by atoms with Crippen LogP contribution in [-0.2, 0) is 4.79 Å². The second-order valence-electron chi connectivity index (χ2n) is 8.91. The molecule has 1 spiro atoms. The molecule has 2 heterocycles. The second-order valence-corrected chi connectivity index (χ2v) is 9.32. The highest BCUT2D eigenvalue weighted by Gasteiger charge is 2.51. The summed E-state index contributed by atoms with van der Waals surface area (Å²) in [6.07, 6.45) is 7.25. The lowest BCUT2D eigenvalue weighted by Crippen LogP contribution is -2.63. The zero-order chi connectivity index (χ0) is 18.5. The third-order valence-corrected chi connectivity index (χ3v) is 6.57. The Bertz CT molecular complexity index is 697. The number of hydrogen-bond acceptors (Lipinski definition) is 4. The summed E-state index contributed by atoms with van der Waals surface area (Å²) in [5, 5.41) is 10.4. The third-order valence-electron chi connectivity index (χ3n) is 6.30. The predicted molar refractivity (Wildman–Crippen MR) is 99.2 cm³/mol. The fraction of sp³-hybridized carbons (Fsp3) is 0.700. The molecule has 4 rings (SSSR count). The van der Waals surface area contributed by atoms with Crippen LogP contribution in [0.2, 0.25) is 5.02 Å². The summed E-state index contributed by atoms with van der Waals surface area (Å²) in [6, 6.07) is 1.88. The van der Waals surface area contributed by atoms with Crippen molar-refractivity contribution in [3.8, 4) is 5.88 Å². The Hall–Kier alpha value is -1.33. The molecule has 1 saturated heterocycles. The Balaban J connectivity index is 1.25. The number of likely N-dealkylation sites (tertiary alicyclic amines) is 1. The van der Waals surface area contributed by atoms with E-state index < -0.39 is 5.60 Å². The maximum absolute atomic E-state index is 12.5. The number of amides is 1. The van der Waals surface area contributed by atoms with E-state index in [1.165, 1.54) is 0 Å². The maximum Gasteiger partial charge on any atom is 0.232 e. The average molecular weight is 379 g/mol. The van der Waals surface area contributed by atoms with Gasteiger partial charge in [-0.1, -0.05) is 11.6 Å². The highest BCUT2D eigenvalue weighted by atomic mass is 35.5. The van der Waals surface area contributed by atoms with Gasteiger partial charge in [-0.25, -0.2) is 4.98 Å². The first kappa shape index (κ1) is 18.1. The van der Waals surface area contributed by atoms with Gasteiger partial charge in [0, 0.05) is 30.6 Å². The number of halogens is 1. The van der Waals surface area contributed by atoms with Crippen LogP contribution in [0.5, 0.6) is 5.88 Å². The molecule has 6 heteroatoms. The molecule has 3 fully saturated rings. The van der Waals surface area contributed by atoms with E-state index in [9.17, 15) is 9.90 Å². The van der Waals surface area contributed by atoms with Gasteiger partial charge in [-0.15, -0.1) is 0 Å². The first-order chi connectivity index (χ1) is 12.3. The number of hydrogen-bond donors (Lipinski definition) is 1. The van der Waals surface area contributed by atoms with E-state index in [1.54, 1.807) is 6.20 Å². The van der Waals surface area contributed by atoms with E-state index in [2.05, 4.69) is 4.98 Å². The molecule has 0 unspecified atom stereocenters. The summed E-state index contributed by atoms with van der Waals surface area (Å²) in [4.78, 5) is 18.7. The molecule has 0 bridgehead atoms. The number of carbonyl (C=O) groups is 1. The molecular weight excluding hydrogens is 352 g/mol. The standard InChI is InChI=1S/C20H27ClN2O3/c1-13-7-16(21)17(22-10-13)26-15-3-5-20(6-4-15)11-23(12-20)18(24)14-8-19(2,25)9-14/h7,10,14-15,25H,3-6,8-9,11-12H2,1-2H3/t14-,19+. The molecule has 3 aliphatic rings. The summed E-state index contributed by atoms with van der Waals surface area (Å²) in [5.74, 6) is 0.786. The number of aliphatic hydroxyl groups is 1. The Morgan fingerprint density at radius 3 is 2.58 bits per heavy atom. The maximum atomic E-state index is 12.5. The van der Waals surface area contributed by atoms with Gasteiger partial charge in [0.2, 0.25) is 11.8 Å². The van der Waals surface area contributed by atoms with Crippen molar-refractivity contribution in [3.05, 3.63) is 22.8 Å². The smallest absolute Gasteiger partial charge is 0.232 e. The van der Waals surface area contributed by atoms with Gasteiger partial charge < -0.3 is 14.7 Å². The van der Waals surface area contributed by atoms with E-state index in [0.29, 0.717) is 23.7 Å². The molecule has 2 aliphatic carbocycles. The summed E-state index contributed by atoms with van der Waals surface area (Å²) in [6.45, 7) is 5.49. The van der Waals surface area contributed by atoms with Gasteiger partial charge in [0.15, 0.2) is 0 Å². The lowest BCUT2D eigenvalue weighted by molar-refractivity contribution is -0.164. The zero-order valence-corrected chi connectivity index (χ0v) is 16.3. The SMILES string of the molecule is Cc1cnc(OC2CCC3(CC2)CN(C(=O)[C@H]2C[C@@](C)(O)C2)C3)c(Cl)c1. The number of carbonyl (C=O) groups excluding carboxylic acids is 1. The van der Waals surface area contributed by atoms with Gasteiger partial charge in [-0.2, -0.15) is 0 Å². The summed E-state index contributed by atoms with van der Waals surface area (Å²) >= 11 is 6.22. The van der Waals surface area contributed by atoms with Crippen molar-refractivity contribution in [2.24, 2.45) is 11.3 Å². The minimum Gasteiger partial charge on any atom is -0.473 e. The van der Waals surface area contributed by atoms with Crippen LogP contribution in [0.25, 0.3) is 0 Å². The topological polar surface area (TPSA) is 62.7 Å². The van der Waals surface area contributed by atoms with Gasteiger partial charge in [-0.05, 0) is 64.0 Å². The number of aromatic nitrogens is 1. The molecule has 26 heavy (non-hydrogen) atoms. The van der Waals surface area contributed by atoms with Crippen LogP contribution < -0.4 is 4.74 Å². The van der Waals surface area contributed by atoms with E-state index in [1.807, 2.05) is 24.8 Å². The van der Waals surface area contributed by atoms with Crippen molar-refractivity contribution in [2.45, 2.75) is 64.1 Å². The molecule has 0 aromatic carbocycles. The number of nitrogens with zero attached hydrogens (tertiary/aromatic N) is 2. The minimum atomic E-state index is -0.635. The lowest BCUT2D eigenvalue weighted by Gasteiger charge is -2.55. The Morgan fingerprint density at radius 2 is 2.00 bits per heavy atom. The van der Waals surface area contributed by atoms with Crippen LogP contribution in [0, 0.1) is 18.3 Å². The molecule has 1 amide bonds. The van der Waals surface area contributed by atoms with Crippen LogP contribution in [0.1, 0.15) is 51.0 Å². The van der Waals surface area contributed by atoms with E-state index in [0.717, 1.165) is 44.3 Å². The Morgan fingerprint density at radius 1 is 1.35 bits per heavy atom. The fourth-order valence-corrected chi connectivity index (χ4v) is 5.02. The van der Waals surface area contributed by atoms with Crippen molar-refractivity contribution < 1.29 is 14.6 Å². The summed E-state index contributed by atoms with van der Waals surface area (Å²) in [5.41, 5.74) is 0.660. The molecule has 0 atom stereocenters. The van der Waals surface area contributed by atoms with Gasteiger partial charge >= 0.3 is 0 Å². The van der Waals surface area contributed by atoms with E-state index >= 15 is 0 Å². The molecule has 0 radical (unpaired) electrons. The predicted octanol–water partition coefficient (Wildman–Crippen LogP) is 3.35. The highest BCUT2D eigenvalue weighted by Crippen LogP contribution is 2.47. The zero-order valence-electron chi connectivity index (χ0n) is 15.5. The molecule has 1 N–H and O–H groups in total. The second kappa shape index (κ2) is 6.38. The molecule has 1 aromatic rings. The van der Waals surface area contributed by atoms with E-state index in [4.69, 9.17) is 16.3 Å². The first-order valence-corrected chi connectivity index (χ1v) is 9.93. The largest absolute Gasteiger partial charge is 0.473 e. The molecule has 2 saturated carbocycles. The third kappa shape index (κ3) is 3.44. The molecule has 1 aliphatic heterocycles. The minimum absolute atomic E-state index is 0.0248. The monoisotopic (exact) mass is 378 g/mol. The van der Waals surface area contributed by atoms with Crippen molar-refractivity contribution >= 4 is 17.5 Å². The van der Waals surface area contributed by atoms with Crippen LogP contribution in [0.3, 0.4) is 0 Å². The van der Waals surface area contributed by atoms with Crippen LogP contribution in [0.4, 0.5) is 0 Å². The van der Waals surface area contributed by atoms with Crippen molar-refractivity contribution in [1.29, 1.82) is 0 Å². The first-order valence-electron chi connectivity index (χ1n) is 9.55. The fourth-order valence-electron chi connectivity index (χ4n) is 4.76.